The molecule has 0 radical (unpaired) electrons. The molecule has 0 atom stereocenters. The van der Waals surface area contributed by atoms with E-state index in [-0.39, 0.29) is 6.61 Å². The van der Waals surface area contributed by atoms with Gasteiger partial charge >= 0.3 is 0 Å². The van der Waals surface area contributed by atoms with Crippen molar-refractivity contribution in [2.75, 3.05) is 12.4 Å². The van der Waals surface area contributed by atoms with Gasteiger partial charge in [-0.05, 0) is 13.0 Å². The lowest BCUT2D eigenvalue weighted by molar-refractivity contribution is 0.276. The monoisotopic (exact) mass is 273 g/mol. The summed E-state index contributed by atoms with van der Waals surface area (Å²) in [5.74, 6) is 2.60. The lowest BCUT2D eigenvalue weighted by atomic mass is 10.2. The number of rotatable bonds is 5. The molecular formula is C15H19N3O2. The van der Waals surface area contributed by atoms with Crippen molar-refractivity contribution >= 4 is 5.82 Å². The summed E-state index contributed by atoms with van der Waals surface area (Å²) in [4.78, 5) is 8.82. The number of aromatic nitrogens is 2. The Morgan fingerprint density at radius 3 is 2.65 bits per heavy atom. The fourth-order valence-corrected chi connectivity index (χ4v) is 1.88. The molecule has 5 heteroatoms. The van der Waals surface area contributed by atoms with Crippen molar-refractivity contribution < 1.29 is 9.84 Å². The first kappa shape index (κ1) is 14.3. The lowest BCUT2D eigenvalue weighted by Gasteiger charge is -2.14. The number of benzene rings is 1. The predicted octanol–water partition coefficient (Wildman–Crippen LogP) is 2.67. The van der Waals surface area contributed by atoms with E-state index in [1.165, 1.54) is 0 Å². The van der Waals surface area contributed by atoms with Crippen LogP contribution in [0.3, 0.4) is 0 Å². The van der Waals surface area contributed by atoms with E-state index in [1.807, 2.05) is 45.2 Å². The van der Waals surface area contributed by atoms with Crippen molar-refractivity contribution in [2.45, 2.75) is 26.9 Å². The van der Waals surface area contributed by atoms with Crippen LogP contribution in [0.4, 0.5) is 5.82 Å². The Morgan fingerprint density at radius 2 is 2.00 bits per heavy atom. The van der Waals surface area contributed by atoms with Crippen LogP contribution in [0.25, 0.3) is 0 Å². The first-order valence-electron chi connectivity index (χ1n) is 6.61. The number of aryl methyl sites for hydroxylation is 1. The van der Waals surface area contributed by atoms with E-state index in [0.717, 1.165) is 29.2 Å². The minimum Gasteiger partial charge on any atom is -0.438 e. The van der Waals surface area contributed by atoms with E-state index >= 15 is 0 Å². The van der Waals surface area contributed by atoms with Gasteiger partial charge in [0.25, 0.3) is 0 Å². The minimum atomic E-state index is -0.0696. The highest BCUT2D eigenvalue weighted by atomic mass is 16.5. The molecule has 0 aliphatic heterocycles. The van der Waals surface area contributed by atoms with Crippen LogP contribution in [-0.2, 0) is 13.0 Å². The van der Waals surface area contributed by atoms with Crippen LogP contribution < -0.4 is 10.1 Å². The van der Waals surface area contributed by atoms with Crippen LogP contribution in [0.1, 0.15) is 23.9 Å². The van der Waals surface area contributed by atoms with E-state index in [1.54, 1.807) is 0 Å². The van der Waals surface area contributed by atoms with Gasteiger partial charge in [0.05, 0.1) is 12.2 Å². The van der Waals surface area contributed by atoms with Crippen LogP contribution in [0.15, 0.2) is 24.3 Å². The summed E-state index contributed by atoms with van der Waals surface area (Å²) in [7, 11) is 1.82. The zero-order valence-corrected chi connectivity index (χ0v) is 12.0. The average molecular weight is 273 g/mol. The highest BCUT2D eigenvalue weighted by molar-refractivity contribution is 5.49. The molecule has 2 N–H and O–H groups in total. The highest BCUT2D eigenvalue weighted by Crippen LogP contribution is 2.29. The molecule has 1 aromatic heterocycles. The number of nitrogens with one attached hydrogen (secondary N) is 1. The summed E-state index contributed by atoms with van der Waals surface area (Å²) in [6, 6.07) is 7.37. The Kier molecular flexibility index (Phi) is 4.53. The van der Waals surface area contributed by atoms with E-state index in [4.69, 9.17) is 4.74 Å². The number of nitrogens with zero attached hydrogens (tertiary/aromatic N) is 2. The van der Waals surface area contributed by atoms with Crippen molar-refractivity contribution in [1.82, 2.24) is 9.97 Å². The number of aliphatic hydroxyl groups excluding tert-OH is 1. The standard InChI is InChI=1S/C15H19N3O2/c1-4-13-17-14(16-3)10(2)15(18-13)20-12-8-6-5-7-11(12)9-19/h5-8,19H,4,9H2,1-3H3,(H,16,17,18). The summed E-state index contributed by atoms with van der Waals surface area (Å²) in [5.41, 5.74) is 1.58. The fraction of sp³-hybridized carbons (Fsp3) is 0.333. The minimum absolute atomic E-state index is 0.0696. The topological polar surface area (TPSA) is 67.3 Å². The summed E-state index contributed by atoms with van der Waals surface area (Å²) in [6.45, 7) is 3.83. The Hall–Kier alpha value is -2.14. The van der Waals surface area contributed by atoms with Crippen LogP contribution in [-0.4, -0.2) is 22.1 Å². The van der Waals surface area contributed by atoms with Gasteiger partial charge in [0.2, 0.25) is 5.88 Å². The smallest absolute Gasteiger partial charge is 0.227 e. The molecule has 5 nitrogen and oxygen atoms in total. The van der Waals surface area contributed by atoms with Crippen molar-refractivity contribution in [2.24, 2.45) is 0 Å². The maximum absolute atomic E-state index is 9.34. The maximum Gasteiger partial charge on any atom is 0.227 e. The van der Waals surface area contributed by atoms with Gasteiger partial charge in [-0.25, -0.2) is 4.98 Å². The number of aliphatic hydroxyl groups is 1. The molecule has 0 amide bonds. The molecule has 0 aliphatic rings. The van der Waals surface area contributed by atoms with Gasteiger partial charge in [-0.1, -0.05) is 25.1 Å². The van der Waals surface area contributed by atoms with Crippen molar-refractivity contribution in [3.63, 3.8) is 0 Å². The molecule has 0 unspecified atom stereocenters. The van der Waals surface area contributed by atoms with Crippen molar-refractivity contribution in [1.29, 1.82) is 0 Å². The molecule has 2 rings (SSSR count). The SMILES string of the molecule is CCc1nc(NC)c(C)c(Oc2ccccc2CO)n1. The van der Waals surface area contributed by atoms with E-state index in [0.29, 0.717) is 11.6 Å². The van der Waals surface area contributed by atoms with Crippen LogP contribution >= 0.6 is 0 Å². The normalized spacial score (nSPS) is 10.4. The molecule has 0 aliphatic carbocycles. The molecule has 0 saturated carbocycles. The molecular weight excluding hydrogens is 254 g/mol. The van der Waals surface area contributed by atoms with Gasteiger partial charge in [-0.15, -0.1) is 0 Å². The third kappa shape index (κ3) is 2.88. The highest BCUT2D eigenvalue weighted by Gasteiger charge is 2.12. The number of ether oxygens (including phenoxy) is 1. The van der Waals surface area contributed by atoms with E-state index in [9.17, 15) is 5.11 Å². The van der Waals surface area contributed by atoms with Crippen LogP contribution in [0.2, 0.25) is 0 Å². The second kappa shape index (κ2) is 6.34. The number of anilines is 1. The van der Waals surface area contributed by atoms with Gasteiger partial charge in [0.15, 0.2) is 0 Å². The Bertz CT molecular complexity index is 600. The largest absolute Gasteiger partial charge is 0.438 e. The van der Waals surface area contributed by atoms with Crippen LogP contribution in [0, 0.1) is 6.92 Å². The van der Waals surface area contributed by atoms with Gasteiger partial charge in [0.1, 0.15) is 17.4 Å². The Morgan fingerprint density at radius 1 is 1.25 bits per heavy atom. The third-order valence-electron chi connectivity index (χ3n) is 3.05. The summed E-state index contributed by atoms with van der Waals surface area (Å²) in [5, 5.41) is 12.4. The molecule has 0 saturated heterocycles. The van der Waals surface area contributed by atoms with Gasteiger partial charge in [0, 0.05) is 19.0 Å². The predicted molar refractivity (Wildman–Crippen MR) is 78.1 cm³/mol. The molecule has 20 heavy (non-hydrogen) atoms. The lowest BCUT2D eigenvalue weighted by Crippen LogP contribution is -2.05. The molecule has 2 aromatic rings. The molecule has 0 spiro atoms. The second-order valence-corrected chi connectivity index (χ2v) is 4.39. The number of hydrogen-bond acceptors (Lipinski definition) is 5. The van der Waals surface area contributed by atoms with E-state index in [2.05, 4.69) is 15.3 Å². The van der Waals surface area contributed by atoms with Gasteiger partial charge in [-0.2, -0.15) is 4.98 Å². The van der Waals surface area contributed by atoms with Crippen LogP contribution in [0.5, 0.6) is 11.6 Å². The quantitative estimate of drug-likeness (QED) is 0.876. The number of para-hydroxylation sites is 1. The summed E-state index contributed by atoms with van der Waals surface area (Å²) in [6.07, 6.45) is 0.729. The second-order valence-electron chi connectivity index (χ2n) is 4.39. The van der Waals surface area contributed by atoms with Crippen molar-refractivity contribution in [3.8, 4) is 11.6 Å². The molecule has 1 heterocycles. The molecule has 106 valence electrons. The Balaban J connectivity index is 2.42. The average Bonchev–Trinajstić information content (AvgIpc) is 2.49. The molecule has 0 bridgehead atoms. The zero-order valence-electron chi connectivity index (χ0n) is 12.0. The van der Waals surface area contributed by atoms with Gasteiger partial charge in [-0.3, -0.25) is 0 Å². The first-order valence-corrected chi connectivity index (χ1v) is 6.61. The summed E-state index contributed by atoms with van der Waals surface area (Å²) < 4.78 is 5.87. The zero-order chi connectivity index (χ0) is 14.5. The maximum atomic E-state index is 9.34. The third-order valence-corrected chi connectivity index (χ3v) is 3.05. The summed E-state index contributed by atoms with van der Waals surface area (Å²) >= 11 is 0. The first-order chi connectivity index (χ1) is 9.69. The van der Waals surface area contributed by atoms with Crippen molar-refractivity contribution in [3.05, 3.63) is 41.2 Å². The Labute approximate surface area is 118 Å². The fourth-order valence-electron chi connectivity index (χ4n) is 1.88. The number of hydrogen-bond donors (Lipinski definition) is 2. The molecule has 0 fully saturated rings. The molecule has 1 aromatic carbocycles. The van der Waals surface area contributed by atoms with Gasteiger partial charge < -0.3 is 15.2 Å². The van der Waals surface area contributed by atoms with E-state index < -0.39 is 0 Å².